The number of thiophene rings is 1. The summed E-state index contributed by atoms with van der Waals surface area (Å²) >= 11 is 1.88. The molecule has 0 spiro atoms. The van der Waals surface area contributed by atoms with E-state index in [-0.39, 0.29) is 0 Å². The van der Waals surface area contributed by atoms with Crippen molar-refractivity contribution >= 4 is 81.1 Å². The third-order valence-electron chi connectivity index (χ3n) is 11.0. The number of nitrogens with zero attached hydrogens (tertiary/aromatic N) is 2. The highest BCUT2D eigenvalue weighted by Gasteiger charge is 2.22. The smallest absolute Gasteiger partial charge is 0.0562 e. The molecule has 0 atom stereocenters. The lowest BCUT2D eigenvalue weighted by atomic mass is 10.00. The Bertz CT molecular complexity index is 3220. The van der Waals surface area contributed by atoms with Gasteiger partial charge in [0.25, 0.3) is 0 Å². The van der Waals surface area contributed by atoms with E-state index >= 15 is 0 Å². The van der Waals surface area contributed by atoms with E-state index in [1.165, 1.54) is 69.5 Å². The van der Waals surface area contributed by atoms with E-state index in [4.69, 9.17) is 0 Å². The van der Waals surface area contributed by atoms with Gasteiger partial charge in [0.15, 0.2) is 0 Å². The van der Waals surface area contributed by atoms with Gasteiger partial charge in [0, 0.05) is 58.7 Å². The van der Waals surface area contributed by atoms with Crippen LogP contribution in [0.1, 0.15) is 0 Å². The molecule has 0 aliphatic heterocycles. The van der Waals surface area contributed by atoms with E-state index in [1.807, 2.05) is 11.3 Å². The standard InChI is InChI=1S/C52H34N2S/c1-2-16-35(17-3-1)38-21-6-10-27-46(38)53(47-30-14-19-36-18-4-5-20-39(36)47)37-32-33-42-40-22-7-11-28-48(40)54(50(42)34-37)49-29-12-8-23-41(49)44-25-15-26-45-43-24-9-13-31-51(43)55-52(44)45/h1-34H. The number of para-hydroxylation sites is 3. The Hall–Kier alpha value is -6.94. The average Bonchev–Trinajstić information content (AvgIpc) is 3.80. The normalized spacial score (nSPS) is 11.6. The molecule has 55 heavy (non-hydrogen) atoms. The van der Waals surface area contributed by atoms with E-state index in [9.17, 15) is 0 Å². The summed E-state index contributed by atoms with van der Waals surface area (Å²) in [7, 11) is 0. The average molecular weight is 719 g/mol. The first kappa shape index (κ1) is 31.6. The number of fused-ring (bicyclic) bond motifs is 7. The fourth-order valence-corrected chi connectivity index (χ4v) is 9.79. The topological polar surface area (TPSA) is 8.17 Å². The van der Waals surface area contributed by atoms with Crippen molar-refractivity contribution in [3.05, 3.63) is 206 Å². The summed E-state index contributed by atoms with van der Waals surface area (Å²) in [6.45, 7) is 0. The van der Waals surface area contributed by atoms with Crippen molar-refractivity contribution in [3.8, 4) is 27.9 Å². The molecule has 2 aromatic heterocycles. The van der Waals surface area contributed by atoms with Crippen LogP contribution in [-0.4, -0.2) is 4.57 Å². The van der Waals surface area contributed by atoms with Gasteiger partial charge in [0.05, 0.1) is 28.1 Å². The second kappa shape index (κ2) is 12.9. The summed E-state index contributed by atoms with van der Waals surface area (Å²) in [5.41, 5.74) is 11.7. The molecule has 0 saturated heterocycles. The monoisotopic (exact) mass is 718 g/mol. The fourth-order valence-electron chi connectivity index (χ4n) is 8.55. The first-order valence-electron chi connectivity index (χ1n) is 18.8. The maximum absolute atomic E-state index is 2.49. The van der Waals surface area contributed by atoms with Gasteiger partial charge in [-0.05, 0) is 53.4 Å². The van der Waals surface area contributed by atoms with E-state index in [2.05, 4.69) is 216 Å². The molecular weight excluding hydrogens is 685 g/mol. The summed E-state index contributed by atoms with van der Waals surface area (Å²) in [4.78, 5) is 2.45. The van der Waals surface area contributed by atoms with Crippen molar-refractivity contribution in [1.29, 1.82) is 0 Å². The predicted molar refractivity (Wildman–Crippen MR) is 237 cm³/mol. The van der Waals surface area contributed by atoms with Crippen LogP contribution in [0.25, 0.3) is 80.7 Å². The number of aromatic nitrogens is 1. The Morgan fingerprint density at radius 3 is 1.91 bits per heavy atom. The van der Waals surface area contributed by atoms with Crippen LogP contribution >= 0.6 is 11.3 Å². The van der Waals surface area contributed by atoms with Gasteiger partial charge in [0.2, 0.25) is 0 Å². The first-order valence-corrected chi connectivity index (χ1v) is 19.6. The molecule has 3 heteroatoms. The molecule has 0 fully saturated rings. The summed E-state index contributed by atoms with van der Waals surface area (Å²) in [6, 6.07) is 75.2. The Balaban J connectivity index is 1.20. The van der Waals surface area contributed by atoms with Crippen LogP contribution in [0.3, 0.4) is 0 Å². The summed E-state index contributed by atoms with van der Waals surface area (Å²) in [5.74, 6) is 0. The minimum absolute atomic E-state index is 1.10. The van der Waals surface area contributed by atoms with Crippen molar-refractivity contribution in [3.63, 3.8) is 0 Å². The quantitative estimate of drug-likeness (QED) is 0.166. The van der Waals surface area contributed by atoms with Crippen LogP contribution in [0.15, 0.2) is 206 Å². The molecule has 258 valence electrons. The number of rotatable bonds is 6. The van der Waals surface area contributed by atoms with E-state index in [0.717, 1.165) is 28.3 Å². The van der Waals surface area contributed by atoms with Crippen LogP contribution in [-0.2, 0) is 0 Å². The van der Waals surface area contributed by atoms with Gasteiger partial charge in [0.1, 0.15) is 0 Å². The highest BCUT2D eigenvalue weighted by molar-refractivity contribution is 7.26. The minimum atomic E-state index is 1.10. The van der Waals surface area contributed by atoms with Gasteiger partial charge in [-0.3, -0.25) is 0 Å². The molecule has 2 heterocycles. The van der Waals surface area contributed by atoms with Gasteiger partial charge in [-0.15, -0.1) is 11.3 Å². The highest BCUT2D eigenvalue weighted by atomic mass is 32.1. The lowest BCUT2D eigenvalue weighted by Gasteiger charge is -2.29. The number of hydrogen-bond acceptors (Lipinski definition) is 2. The fraction of sp³-hybridized carbons (Fsp3) is 0. The minimum Gasteiger partial charge on any atom is -0.309 e. The molecule has 0 bridgehead atoms. The molecular formula is C52H34N2S. The lowest BCUT2D eigenvalue weighted by Crippen LogP contribution is -2.12. The van der Waals surface area contributed by atoms with Crippen molar-refractivity contribution in [2.45, 2.75) is 0 Å². The molecule has 11 aromatic rings. The Kier molecular flexibility index (Phi) is 7.39. The maximum Gasteiger partial charge on any atom is 0.0562 e. The molecule has 0 aliphatic carbocycles. The summed E-state index contributed by atoms with van der Waals surface area (Å²) in [6.07, 6.45) is 0. The Labute approximate surface area is 323 Å². The second-order valence-electron chi connectivity index (χ2n) is 14.1. The van der Waals surface area contributed by atoms with Gasteiger partial charge >= 0.3 is 0 Å². The van der Waals surface area contributed by atoms with Gasteiger partial charge in [-0.2, -0.15) is 0 Å². The van der Waals surface area contributed by atoms with Crippen molar-refractivity contribution in [2.75, 3.05) is 4.90 Å². The van der Waals surface area contributed by atoms with E-state index < -0.39 is 0 Å². The van der Waals surface area contributed by atoms with Crippen LogP contribution in [0.2, 0.25) is 0 Å². The molecule has 0 radical (unpaired) electrons. The van der Waals surface area contributed by atoms with Crippen molar-refractivity contribution < 1.29 is 0 Å². The summed E-state index contributed by atoms with van der Waals surface area (Å²) < 4.78 is 5.12. The van der Waals surface area contributed by atoms with E-state index in [1.54, 1.807) is 0 Å². The molecule has 9 aromatic carbocycles. The zero-order chi connectivity index (χ0) is 36.3. The molecule has 0 amide bonds. The SMILES string of the molecule is c1ccc(-c2ccccc2N(c2ccc3c4ccccc4n(-c4ccccc4-c4cccc5c4sc4ccccc45)c3c2)c2cccc3ccccc23)cc1. The lowest BCUT2D eigenvalue weighted by molar-refractivity contribution is 1.18. The van der Waals surface area contributed by atoms with Crippen LogP contribution in [0, 0.1) is 0 Å². The Morgan fingerprint density at radius 1 is 0.382 bits per heavy atom. The predicted octanol–water partition coefficient (Wildman–Crippen LogP) is 15.1. The van der Waals surface area contributed by atoms with E-state index in [0.29, 0.717) is 0 Å². The molecule has 0 unspecified atom stereocenters. The third-order valence-corrected chi connectivity index (χ3v) is 12.2. The number of anilines is 3. The first-order chi connectivity index (χ1) is 27.3. The van der Waals surface area contributed by atoms with Gasteiger partial charge < -0.3 is 9.47 Å². The zero-order valence-electron chi connectivity index (χ0n) is 29.9. The maximum atomic E-state index is 2.49. The second-order valence-corrected chi connectivity index (χ2v) is 15.1. The largest absolute Gasteiger partial charge is 0.309 e. The third kappa shape index (κ3) is 5.09. The number of benzene rings is 9. The number of hydrogen-bond donors (Lipinski definition) is 0. The summed E-state index contributed by atoms with van der Waals surface area (Å²) in [5, 5.41) is 7.49. The molecule has 11 rings (SSSR count). The molecule has 0 saturated carbocycles. The highest BCUT2D eigenvalue weighted by Crippen LogP contribution is 2.47. The van der Waals surface area contributed by atoms with Crippen LogP contribution in [0.5, 0.6) is 0 Å². The Morgan fingerprint density at radius 2 is 1.00 bits per heavy atom. The molecule has 2 nitrogen and oxygen atoms in total. The molecule has 0 aliphatic rings. The van der Waals surface area contributed by atoms with Crippen molar-refractivity contribution in [2.24, 2.45) is 0 Å². The van der Waals surface area contributed by atoms with Gasteiger partial charge in [-0.1, -0.05) is 164 Å². The van der Waals surface area contributed by atoms with Crippen LogP contribution in [0.4, 0.5) is 17.1 Å². The van der Waals surface area contributed by atoms with Crippen molar-refractivity contribution in [1.82, 2.24) is 4.57 Å². The molecule has 0 N–H and O–H groups in total. The zero-order valence-corrected chi connectivity index (χ0v) is 30.7. The van der Waals surface area contributed by atoms with Gasteiger partial charge in [-0.25, -0.2) is 0 Å². The van der Waals surface area contributed by atoms with Crippen LogP contribution < -0.4 is 4.90 Å².